The van der Waals surface area contributed by atoms with Gasteiger partial charge in [-0.1, -0.05) is 38.0 Å². The zero-order valence-corrected chi connectivity index (χ0v) is 22.0. The Hall–Kier alpha value is -2.64. The van der Waals surface area contributed by atoms with Crippen LogP contribution in [0.4, 0.5) is 0 Å². The molecule has 0 aromatic heterocycles. The number of aliphatic imine (C=N–C) groups is 1. The van der Waals surface area contributed by atoms with E-state index in [2.05, 4.69) is 28.7 Å². The molecule has 1 heterocycles. The van der Waals surface area contributed by atoms with Gasteiger partial charge in [0.25, 0.3) is 0 Å². The second kappa shape index (κ2) is 15.5. The molecule has 1 N–H and O–H groups in total. The highest BCUT2D eigenvalue weighted by Gasteiger charge is 2.21. The molecule has 36 heavy (non-hydrogen) atoms. The summed E-state index contributed by atoms with van der Waals surface area (Å²) in [7, 11) is 0. The second-order valence-corrected chi connectivity index (χ2v) is 9.48. The van der Waals surface area contributed by atoms with Gasteiger partial charge in [-0.05, 0) is 44.7 Å². The lowest BCUT2D eigenvalue weighted by Gasteiger charge is -2.28. The Kier molecular flexibility index (Phi) is 12.0. The van der Waals surface area contributed by atoms with Crippen LogP contribution in [0.1, 0.15) is 51.5 Å². The molecule has 0 radical (unpaired) electrons. The third-order valence-electron chi connectivity index (χ3n) is 6.85. The number of hydrogen-bond donors (Lipinski definition) is 1. The summed E-state index contributed by atoms with van der Waals surface area (Å²) in [5.41, 5.74) is 1.72. The van der Waals surface area contributed by atoms with Gasteiger partial charge in [0.15, 0.2) is 0 Å². The Bertz CT molecular complexity index is 887. The summed E-state index contributed by atoms with van der Waals surface area (Å²) in [6.07, 6.45) is 11.6. The fourth-order valence-corrected chi connectivity index (χ4v) is 4.83. The largest absolute Gasteiger partial charge is 0.494 e. The summed E-state index contributed by atoms with van der Waals surface area (Å²) in [6.45, 7) is 13.4. The number of nitrogens with zero attached hydrogens (tertiary/aromatic N) is 2. The molecule has 0 unspecified atom stereocenters. The standard InChI is InChI=1S/C29H43N3O4/c1-4-9-25(21-30-22-29(33)31-23(3)24-10-7-6-8-11-24)27-13-12-26(35-5-2)20-28(27)36-19-16-32-14-17-34-18-15-32/h4,9,12-13,20-21,23-24H,1,5-8,10-11,14-19,22H2,2-3H3,(H,31,33)/b25-9+,30-21-/t23-/m1/s1. The first-order chi connectivity index (χ1) is 17.6. The van der Waals surface area contributed by atoms with Gasteiger partial charge >= 0.3 is 0 Å². The summed E-state index contributed by atoms with van der Waals surface area (Å²) in [5, 5.41) is 3.14. The van der Waals surface area contributed by atoms with E-state index in [1.165, 1.54) is 32.1 Å². The summed E-state index contributed by atoms with van der Waals surface area (Å²) >= 11 is 0. The molecule has 3 rings (SSSR count). The molecular formula is C29H43N3O4. The molecule has 0 bridgehead atoms. The minimum atomic E-state index is -0.0454. The molecule has 2 fully saturated rings. The van der Waals surface area contributed by atoms with E-state index in [0.29, 0.717) is 19.1 Å². The van der Waals surface area contributed by atoms with E-state index in [4.69, 9.17) is 14.2 Å². The molecular weight excluding hydrogens is 454 g/mol. The van der Waals surface area contributed by atoms with Crippen molar-refractivity contribution in [2.24, 2.45) is 10.9 Å². The number of benzene rings is 1. The fourth-order valence-electron chi connectivity index (χ4n) is 4.83. The molecule has 198 valence electrons. The zero-order chi connectivity index (χ0) is 25.6. The van der Waals surface area contributed by atoms with E-state index in [0.717, 1.165) is 55.5 Å². The minimum Gasteiger partial charge on any atom is -0.494 e. The van der Waals surface area contributed by atoms with E-state index < -0.39 is 0 Å². The zero-order valence-electron chi connectivity index (χ0n) is 22.0. The third-order valence-corrected chi connectivity index (χ3v) is 6.85. The summed E-state index contributed by atoms with van der Waals surface area (Å²) in [5.74, 6) is 2.01. The first-order valence-electron chi connectivity index (χ1n) is 13.4. The molecule has 1 saturated heterocycles. The number of ether oxygens (including phenoxy) is 3. The Morgan fingerprint density at radius 2 is 2.03 bits per heavy atom. The Labute approximate surface area is 216 Å². The maximum atomic E-state index is 12.5. The van der Waals surface area contributed by atoms with Crippen molar-refractivity contribution in [3.05, 3.63) is 42.5 Å². The maximum absolute atomic E-state index is 12.5. The van der Waals surface area contributed by atoms with Crippen molar-refractivity contribution < 1.29 is 19.0 Å². The lowest BCUT2D eigenvalue weighted by molar-refractivity contribution is -0.120. The van der Waals surface area contributed by atoms with Gasteiger partial charge in [-0.2, -0.15) is 0 Å². The van der Waals surface area contributed by atoms with Crippen LogP contribution in [0.15, 0.2) is 41.9 Å². The second-order valence-electron chi connectivity index (χ2n) is 9.48. The number of hydrogen-bond acceptors (Lipinski definition) is 6. The molecule has 2 aliphatic rings. The molecule has 7 nitrogen and oxygen atoms in total. The number of carbonyl (C=O) groups excluding carboxylic acids is 1. The lowest BCUT2D eigenvalue weighted by atomic mass is 9.84. The van der Waals surface area contributed by atoms with Gasteiger partial charge in [-0.3, -0.25) is 14.7 Å². The summed E-state index contributed by atoms with van der Waals surface area (Å²) in [6, 6.07) is 6.01. The van der Waals surface area contributed by atoms with Gasteiger partial charge in [0.2, 0.25) is 5.91 Å². The van der Waals surface area contributed by atoms with Crippen LogP contribution in [-0.2, 0) is 9.53 Å². The number of rotatable bonds is 13. The molecule has 7 heteroatoms. The van der Waals surface area contributed by atoms with Crippen LogP contribution in [0, 0.1) is 5.92 Å². The fraction of sp³-hybridized carbons (Fsp3) is 0.586. The van der Waals surface area contributed by atoms with Crippen LogP contribution in [0.25, 0.3) is 5.57 Å². The minimum absolute atomic E-state index is 0.0454. The van der Waals surface area contributed by atoms with Crippen molar-refractivity contribution in [1.29, 1.82) is 0 Å². The van der Waals surface area contributed by atoms with Gasteiger partial charge in [0.05, 0.1) is 19.8 Å². The number of morpholine rings is 1. The molecule has 1 aromatic rings. The molecule has 1 aromatic carbocycles. The van der Waals surface area contributed by atoms with Crippen molar-refractivity contribution in [2.75, 3.05) is 52.6 Å². The number of amides is 1. The molecule has 1 amide bonds. The first kappa shape index (κ1) is 27.9. The van der Waals surface area contributed by atoms with Gasteiger partial charge in [0, 0.05) is 49.1 Å². The average molecular weight is 498 g/mol. The van der Waals surface area contributed by atoms with Crippen LogP contribution >= 0.6 is 0 Å². The highest BCUT2D eigenvalue weighted by atomic mass is 16.5. The predicted molar refractivity (Wildman–Crippen MR) is 146 cm³/mol. The SMILES string of the molecule is C=C/C=C(\C=N/CC(=O)N[C@H](C)C1CCCCC1)c1ccc(OCC)cc1OCCN1CCOCC1. The van der Waals surface area contributed by atoms with Crippen molar-refractivity contribution in [3.63, 3.8) is 0 Å². The highest BCUT2D eigenvalue weighted by Crippen LogP contribution is 2.30. The normalized spacial score (nSPS) is 18.7. The van der Waals surface area contributed by atoms with Crippen molar-refractivity contribution in [1.82, 2.24) is 10.2 Å². The molecule has 1 aliphatic heterocycles. The van der Waals surface area contributed by atoms with E-state index in [1.54, 1.807) is 12.3 Å². The van der Waals surface area contributed by atoms with Crippen molar-refractivity contribution in [3.8, 4) is 11.5 Å². The van der Waals surface area contributed by atoms with Crippen LogP contribution < -0.4 is 14.8 Å². The number of nitrogens with one attached hydrogen (secondary N) is 1. The molecule has 1 saturated carbocycles. The predicted octanol–water partition coefficient (Wildman–Crippen LogP) is 4.52. The van der Waals surface area contributed by atoms with Crippen molar-refractivity contribution in [2.45, 2.75) is 52.0 Å². The number of carbonyl (C=O) groups is 1. The molecule has 0 spiro atoms. The van der Waals surface area contributed by atoms with Crippen molar-refractivity contribution >= 4 is 17.7 Å². The average Bonchev–Trinajstić information content (AvgIpc) is 2.90. The Balaban J connectivity index is 1.63. The van der Waals surface area contributed by atoms with E-state index in [1.807, 2.05) is 31.2 Å². The number of allylic oxidation sites excluding steroid dienone is 3. The van der Waals surface area contributed by atoms with Gasteiger partial charge in [-0.25, -0.2) is 0 Å². The smallest absolute Gasteiger partial charge is 0.241 e. The summed E-state index contributed by atoms with van der Waals surface area (Å²) < 4.78 is 17.4. The molecule has 1 aliphatic carbocycles. The van der Waals surface area contributed by atoms with Crippen LogP contribution in [0.2, 0.25) is 0 Å². The van der Waals surface area contributed by atoms with Crippen LogP contribution in [0.3, 0.4) is 0 Å². The van der Waals surface area contributed by atoms with Gasteiger partial charge in [0.1, 0.15) is 24.7 Å². The van der Waals surface area contributed by atoms with Crippen LogP contribution in [-0.4, -0.2) is 75.7 Å². The highest BCUT2D eigenvalue weighted by molar-refractivity contribution is 6.11. The summed E-state index contributed by atoms with van der Waals surface area (Å²) in [4.78, 5) is 19.3. The third kappa shape index (κ3) is 9.10. The monoisotopic (exact) mass is 497 g/mol. The van der Waals surface area contributed by atoms with Gasteiger partial charge < -0.3 is 19.5 Å². The maximum Gasteiger partial charge on any atom is 0.241 e. The van der Waals surface area contributed by atoms with E-state index >= 15 is 0 Å². The Morgan fingerprint density at radius 1 is 1.25 bits per heavy atom. The van der Waals surface area contributed by atoms with Gasteiger partial charge in [-0.15, -0.1) is 0 Å². The quantitative estimate of drug-likeness (QED) is 0.320. The van der Waals surface area contributed by atoms with Crippen LogP contribution in [0.5, 0.6) is 11.5 Å². The molecule has 1 atom stereocenters. The first-order valence-corrected chi connectivity index (χ1v) is 13.4. The Morgan fingerprint density at radius 3 is 2.75 bits per heavy atom. The van der Waals surface area contributed by atoms with E-state index in [-0.39, 0.29) is 18.5 Å². The lowest BCUT2D eigenvalue weighted by Crippen LogP contribution is -2.40. The topological polar surface area (TPSA) is 72.4 Å². The van der Waals surface area contributed by atoms with E-state index in [9.17, 15) is 4.79 Å².